The molecule has 1 aliphatic heterocycles. The van der Waals surface area contributed by atoms with Gasteiger partial charge in [0.15, 0.2) is 0 Å². The van der Waals surface area contributed by atoms with Gasteiger partial charge in [-0.05, 0) is 26.3 Å². The van der Waals surface area contributed by atoms with E-state index in [2.05, 4.69) is 44.8 Å². The highest BCUT2D eigenvalue weighted by Crippen LogP contribution is 2.14. The first kappa shape index (κ1) is 14.9. The Labute approximate surface area is 107 Å². The molecular weight excluding hydrogens is 212 g/mol. The van der Waals surface area contributed by atoms with E-state index in [-0.39, 0.29) is 0 Å². The summed E-state index contributed by atoms with van der Waals surface area (Å²) < 4.78 is 5.78. The van der Waals surface area contributed by atoms with E-state index < -0.39 is 0 Å². The molecule has 0 aromatic carbocycles. The van der Waals surface area contributed by atoms with Crippen LogP contribution in [-0.2, 0) is 4.74 Å². The summed E-state index contributed by atoms with van der Waals surface area (Å²) in [5.41, 5.74) is 0. The molecular formula is C14H30N2O. The van der Waals surface area contributed by atoms with E-state index in [0.29, 0.717) is 18.2 Å². The van der Waals surface area contributed by atoms with Crippen LogP contribution in [0.15, 0.2) is 0 Å². The standard InChI is InChI=1S/C14H30N2O/c1-6-11(3)14(15-7-2)10-16-8-12(4)17-13(5)9-16/h11-15H,6-10H2,1-5H3. The van der Waals surface area contributed by atoms with Gasteiger partial charge in [-0.15, -0.1) is 0 Å². The smallest absolute Gasteiger partial charge is 0.0678 e. The summed E-state index contributed by atoms with van der Waals surface area (Å²) in [7, 11) is 0. The molecule has 0 aromatic heterocycles. The van der Waals surface area contributed by atoms with Crippen molar-refractivity contribution in [3.05, 3.63) is 0 Å². The highest BCUT2D eigenvalue weighted by Gasteiger charge is 2.25. The van der Waals surface area contributed by atoms with Crippen molar-refractivity contribution in [1.29, 1.82) is 0 Å². The quantitative estimate of drug-likeness (QED) is 0.772. The Morgan fingerprint density at radius 1 is 1.24 bits per heavy atom. The van der Waals surface area contributed by atoms with Crippen LogP contribution >= 0.6 is 0 Å². The zero-order valence-corrected chi connectivity index (χ0v) is 12.2. The Bertz CT molecular complexity index is 200. The molecule has 0 aliphatic carbocycles. The van der Waals surface area contributed by atoms with Crippen LogP contribution in [0.4, 0.5) is 0 Å². The monoisotopic (exact) mass is 242 g/mol. The molecule has 1 fully saturated rings. The van der Waals surface area contributed by atoms with Crippen LogP contribution in [0.25, 0.3) is 0 Å². The minimum atomic E-state index is 0.373. The van der Waals surface area contributed by atoms with Gasteiger partial charge in [-0.2, -0.15) is 0 Å². The fourth-order valence-corrected chi connectivity index (χ4v) is 2.70. The lowest BCUT2D eigenvalue weighted by Gasteiger charge is -2.38. The fraction of sp³-hybridized carbons (Fsp3) is 1.00. The van der Waals surface area contributed by atoms with Crippen molar-refractivity contribution in [1.82, 2.24) is 10.2 Å². The Kier molecular flexibility index (Phi) is 6.45. The van der Waals surface area contributed by atoms with Crippen molar-refractivity contribution in [3.8, 4) is 0 Å². The van der Waals surface area contributed by atoms with Gasteiger partial charge in [0.2, 0.25) is 0 Å². The zero-order valence-electron chi connectivity index (χ0n) is 12.2. The second kappa shape index (κ2) is 7.34. The van der Waals surface area contributed by atoms with Gasteiger partial charge in [0, 0.05) is 25.7 Å². The molecule has 4 atom stereocenters. The highest BCUT2D eigenvalue weighted by atomic mass is 16.5. The van der Waals surface area contributed by atoms with Crippen LogP contribution in [0.3, 0.4) is 0 Å². The lowest BCUT2D eigenvalue weighted by Crippen LogP contribution is -2.52. The number of rotatable bonds is 6. The number of nitrogens with one attached hydrogen (secondary N) is 1. The number of likely N-dealkylation sites (N-methyl/N-ethyl adjacent to an activating group) is 1. The number of nitrogens with zero attached hydrogens (tertiary/aromatic N) is 1. The Balaban J connectivity index is 2.47. The van der Waals surface area contributed by atoms with Crippen molar-refractivity contribution in [3.63, 3.8) is 0 Å². The van der Waals surface area contributed by atoms with Crippen LogP contribution in [0.2, 0.25) is 0 Å². The SMILES string of the molecule is CCNC(CN1CC(C)OC(C)C1)C(C)CC. The van der Waals surface area contributed by atoms with Gasteiger partial charge in [-0.1, -0.05) is 27.2 Å². The van der Waals surface area contributed by atoms with E-state index in [1.165, 1.54) is 6.42 Å². The first-order valence-electron chi connectivity index (χ1n) is 7.17. The number of hydrogen-bond acceptors (Lipinski definition) is 3. The topological polar surface area (TPSA) is 24.5 Å². The molecule has 1 saturated heterocycles. The molecule has 0 saturated carbocycles. The summed E-state index contributed by atoms with van der Waals surface area (Å²) in [4.78, 5) is 2.55. The number of morpholine rings is 1. The maximum atomic E-state index is 5.78. The molecule has 1 heterocycles. The number of hydrogen-bond donors (Lipinski definition) is 1. The maximum absolute atomic E-state index is 5.78. The Morgan fingerprint density at radius 2 is 1.82 bits per heavy atom. The van der Waals surface area contributed by atoms with Gasteiger partial charge >= 0.3 is 0 Å². The third-order valence-electron chi connectivity index (χ3n) is 3.75. The number of ether oxygens (including phenoxy) is 1. The van der Waals surface area contributed by atoms with Crippen molar-refractivity contribution in [2.24, 2.45) is 5.92 Å². The second-order valence-electron chi connectivity index (χ2n) is 5.53. The highest BCUT2D eigenvalue weighted by molar-refractivity contribution is 4.80. The summed E-state index contributed by atoms with van der Waals surface area (Å²) in [5, 5.41) is 3.63. The molecule has 0 spiro atoms. The molecule has 0 aromatic rings. The third-order valence-corrected chi connectivity index (χ3v) is 3.75. The normalized spacial score (nSPS) is 30.2. The van der Waals surface area contributed by atoms with Crippen molar-refractivity contribution >= 4 is 0 Å². The van der Waals surface area contributed by atoms with Crippen molar-refractivity contribution in [2.45, 2.75) is 59.3 Å². The first-order chi connectivity index (χ1) is 8.06. The summed E-state index contributed by atoms with van der Waals surface area (Å²) in [6, 6.07) is 0.613. The predicted molar refractivity (Wildman–Crippen MR) is 73.4 cm³/mol. The van der Waals surface area contributed by atoms with E-state index in [0.717, 1.165) is 32.1 Å². The molecule has 102 valence electrons. The van der Waals surface area contributed by atoms with Crippen molar-refractivity contribution < 1.29 is 4.74 Å². The molecule has 0 radical (unpaired) electrons. The van der Waals surface area contributed by atoms with Gasteiger partial charge in [0.25, 0.3) is 0 Å². The fourth-order valence-electron chi connectivity index (χ4n) is 2.70. The van der Waals surface area contributed by atoms with Gasteiger partial charge in [0.05, 0.1) is 12.2 Å². The van der Waals surface area contributed by atoms with Crippen molar-refractivity contribution in [2.75, 3.05) is 26.2 Å². The molecule has 1 N–H and O–H groups in total. The summed E-state index contributed by atoms with van der Waals surface area (Å²) >= 11 is 0. The van der Waals surface area contributed by atoms with Crippen LogP contribution in [0, 0.1) is 5.92 Å². The summed E-state index contributed by atoms with van der Waals surface area (Å²) in [5.74, 6) is 0.739. The lowest BCUT2D eigenvalue weighted by molar-refractivity contribution is -0.0710. The average Bonchev–Trinajstić information content (AvgIpc) is 2.26. The van der Waals surface area contributed by atoms with Gasteiger partial charge in [-0.25, -0.2) is 0 Å². The molecule has 3 nitrogen and oxygen atoms in total. The van der Waals surface area contributed by atoms with E-state index in [9.17, 15) is 0 Å². The summed E-state index contributed by atoms with van der Waals surface area (Å²) in [6.07, 6.45) is 1.99. The molecule has 0 amide bonds. The van der Waals surface area contributed by atoms with Gasteiger partial charge in [-0.3, -0.25) is 4.90 Å². The molecule has 17 heavy (non-hydrogen) atoms. The van der Waals surface area contributed by atoms with Crippen LogP contribution in [0.5, 0.6) is 0 Å². The molecule has 3 heteroatoms. The molecule has 1 rings (SSSR count). The Hall–Kier alpha value is -0.120. The van der Waals surface area contributed by atoms with E-state index in [1.807, 2.05) is 0 Å². The van der Waals surface area contributed by atoms with Gasteiger partial charge < -0.3 is 10.1 Å². The van der Waals surface area contributed by atoms with Crippen LogP contribution in [-0.4, -0.2) is 49.3 Å². The maximum Gasteiger partial charge on any atom is 0.0678 e. The molecule has 4 unspecified atom stereocenters. The molecule has 0 bridgehead atoms. The second-order valence-corrected chi connectivity index (χ2v) is 5.53. The van der Waals surface area contributed by atoms with Crippen LogP contribution < -0.4 is 5.32 Å². The van der Waals surface area contributed by atoms with E-state index in [4.69, 9.17) is 4.74 Å². The largest absolute Gasteiger partial charge is 0.373 e. The third kappa shape index (κ3) is 4.94. The average molecular weight is 242 g/mol. The molecule has 1 aliphatic rings. The van der Waals surface area contributed by atoms with Gasteiger partial charge in [0.1, 0.15) is 0 Å². The van der Waals surface area contributed by atoms with E-state index in [1.54, 1.807) is 0 Å². The first-order valence-corrected chi connectivity index (χ1v) is 7.17. The Morgan fingerprint density at radius 3 is 2.29 bits per heavy atom. The predicted octanol–water partition coefficient (Wildman–Crippen LogP) is 2.12. The zero-order chi connectivity index (χ0) is 12.8. The minimum Gasteiger partial charge on any atom is -0.373 e. The van der Waals surface area contributed by atoms with E-state index >= 15 is 0 Å². The lowest BCUT2D eigenvalue weighted by atomic mass is 9.98. The summed E-state index contributed by atoms with van der Waals surface area (Å²) in [6.45, 7) is 15.5. The minimum absolute atomic E-state index is 0.373. The van der Waals surface area contributed by atoms with Crippen LogP contribution in [0.1, 0.15) is 41.0 Å².